The number of nitrogens with zero attached hydrogens (tertiary/aromatic N) is 1. The number of benzene rings is 1. The molecule has 0 aliphatic rings. The molecule has 0 fully saturated rings. The number of hydrogen-bond acceptors (Lipinski definition) is 5. The number of amides is 1. The molecule has 1 aromatic carbocycles. The van der Waals surface area contributed by atoms with Crippen molar-refractivity contribution >= 4 is 23.2 Å². The molecule has 22 heavy (non-hydrogen) atoms. The van der Waals surface area contributed by atoms with Crippen LogP contribution in [0.4, 0.5) is 0 Å². The second-order valence-electron chi connectivity index (χ2n) is 4.55. The summed E-state index contributed by atoms with van der Waals surface area (Å²) in [5.74, 6) is -0.438. The molecule has 2 N–H and O–H groups in total. The van der Waals surface area contributed by atoms with Gasteiger partial charge in [0.1, 0.15) is 17.1 Å². The first kappa shape index (κ1) is 15.8. The first-order valence-corrected chi connectivity index (χ1v) is 6.70. The highest BCUT2D eigenvalue weighted by Crippen LogP contribution is 2.15. The van der Waals surface area contributed by atoms with Crippen LogP contribution in [0.5, 0.6) is 5.75 Å². The predicted octanol–water partition coefficient (Wildman–Crippen LogP) is 2.46. The van der Waals surface area contributed by atoms with Gasteiger partial charge in [-0.3, -0.25) is 4.79 Å². The minimum absolute atomic E-state index is 0.0954. The van der Waals surface area contributed by atoms with E-state index in [4.69, 9.17) is 16.0 Å². The van der Waals surface area contributed by atoms with Crippen molar-refractivity contribution in [2.45, 2.75) is 13.8 Å². The molecule has 2 rings (SSSR count). The van der Waals surface area contributed by atoms with Gasteiger partial charge in [0.25, 0.3) is 5.91 Å². The van der Waals surface area contributed by atoms with E-state index in [-0.39, 0.29) is 22.8 Å². The Hall–Kier alpha value is -2.60. The third-order valence-electron chi connectivity index (χ3n) is 2.85. The molecule has 0 atom stereocenters. The monoisotopic (exact) mass is 320 g/mol. The fraction of sp³-hybridized carbons (Fsp3) is 0.133. The summed E-state index contributed by atoms with van der Waals surface area (Å²) in [6.45, 7) is 3.02. The third kappa shape index (κ3) is 3.53. The Morgan fingerprint density at radius 3 is 2.55 bits per heavy atom. The Morgan fingerprint density at radius 2 is 1.95 bits per heavy atom. The van der Waals surface area contributed by atoms with E-state index in [9.17, 15) is 14.7 Å². The highest BCUT2D eigenvalue weighted by atomic mass is 35.5. The van der Waals surface area contributed by atoms with E-state index in [0.29, 0.717) is 10.6 Å². The summed E-state index contributed by atoms with van der Waals surface area (Å²) < 4.78 is 4.89. The normalized spacial score (nSPS) is 11.3. The lowest BCUT2D eigenvalue weighted by atomic mass is 10.2. The van der Waals surface area contributed by atoms with Crippen LogP contribution in [0, 0.1) is 6.92 Å². The van der Waals surface area contributed by atoms with Crippen LogP contribution in [0.15, 0.2) is 44.6 Å². The van der Waals surface area contributed by atoms with Crippen LogP contribution in [-0.2, 0) is 0 Å². The molecule has 0 radical (unpaired) electrons. The van der Waals surface area contributed by atoms with Crippen molar-refractivity contribution in [3.63, 3.8) is 0 Å². The maximum atomic E-state index is 11.9. The number of hydrazone groups is 1. The van der Waals surface area contributed by atoms with E-state index >= 15 is 0 Å². The summed E-state index contributed by atoms with van der Waals surface area (Å²) in [5.41, 5.74) is 1.98. The molecule has 0 aliphatic carbocycles. The number of carbonyl (C=O) groups excluding carboxylic acids is 1. The van der Waals surface area contributed by atoms with Crippen molar-refractivity contribution in [1.82, 2.24) is 5.43 Å². The molecular weight excluding hydrogens is 308 g/mol. The fourth-order valence-corrected chi connectivity index (χ4v) is 1.91. The lowest BCUT2D eigenvalue weighted by molar-refractivity contribution is 0.0955. The molecule has 0 bridgehead atoms. The van der Waals surface area contributed by atoms with Gasteiger partial charge in [-0.2, -0.15) is 5.10 Å². The van der Waals surface area contributed by atoms with E-state index < -0.39 is 11.5 Å². The van der Waals surface area contributed by atoms with Gasteiger partial charge in [0.15, 0.2) is 0 Å². The molecular formula is C15H13ClN2O4. The Kier molecular flexibility index (Phi) is 4.62. The molecule has 0 aliphatic heterocycles. The third-order valence-corrected chi connectivity index (χ3v) is 3.10. The standard InChI is InChI=1S/C15H13ClN2O4/c1-8-7-12(19)13(15(21)22-8)9(2)17-18-14(20)10-3-5-11(16)6-4-10/h3-7,19H,1-2H3,(H,18,20). The molecule has 1 aromatic heterocycles. The van der Waals surface area contributed by atoms with Crippen LogP contribution >= 0.6 is 11.6 Å². The van der Waals surface area contributed by atoms with Crippen molar-refractivity contribution in [2.75, 3.05) is 0 Å². The summed E-state index contributed by atoms with van der Waals surface area (Å²) in [6.07, 6.45) is 0. The van der Waals surface area contributed by atoms with Crippen molar-refractivity contribution in [2.24, 2.45) is 5.10 Å². The lowest BCUT2D eigenvalue weighted by Crippen LogP contribution is -2.21. The second kappa shape index (κ2) is 6.44. The molecule has 2 aromatic rings. The average Bonchev–Trinajstić information content (AvgIpc) is 2.44. The van der Waals surface area contributed by atoms with Gasteiger partial charge in [0, 0.05) is 16.7 Å². The second-order valence-corrected chi connectivity index (χ2v) is 4.99. The van der Waals surface area contributed by atoms with Gasteiger partial charge in [-0.25, -0.2) is 10.2 Å². The van der Waals surface area contributed by atoms with Crippen LogP contribution < -0.4 is 11.1 Å². The van der Waals surface area contributed by atoms with Gasteiger partial charge >= 0.3 is 5.63 Å². The van der Waals surface area contributed by atoms with Crippen molar-refractivity contribution in [3.8, 4) is 5.75 Å². The lowest BCUT2D eigenvalue weighted by Gasteiger charge is -2.04. The van der Waals surface area contributed by atoms with E-state index in [1.807, 2.05) is 0 Å². The smallest absolute Gasteiger partial charge is 0.348 e. The number of carbonyl (C=O) groups is 1. The minimum atomic E-state index is -0.723. The Labute approximate surface area is 131 Å². The number of aryl methyl sites for hydroxylation is 1. The highest BCUT2D eigenvalue weighted by molar-refractivity contribution is 6.30. The zero-order chi connectivity index (χ0) is 16.3. The molecule has 114 valence electrons. The Balaban J connectivity index is 2.22. The van der Waals surface area contributed by atoms with Gasteiger partial charge < -0.3 is 9.52 Å². The number of halogens is 1. The molecule has 7 heteroatoms. The fourth-order valence-electron chi connectivity index (χ4n) is 1.79. The zero-order valence-corrected chi connectivity index (χ0v) is 12.6. The first-order valence-electron chi connectivity index (χ1n) is 6.33. The molecule has 1 heterocycles. The van der Waals surface area contributed by atoms with Crippen molar-refractivity contribution in [3.05, 3.63) is 62.7 Å². The molecule has 0 saturated heterocycles. The number of rotatable bonds is 3. The summed E-state index contributed by atoms with van der Waals surface area (Å²) in [7, 11) is 0. The summed E-state index contributed by atoms with van der Waals surface area (Å²) in [5, 5.41) is 14.1. The number of nitrogens with one attached hydrogen (secondary N) is 1. The average molecular weight is 321 g/mol. The topological polar surface area (TPSA) is 91.9 Å². The predicted molar refractivity (Wildman–Crippen MR) is 82.5 cm³/mol. The quantitative estimate of drug-likeness (QED) is 0.671. The van der Waals surface area contributed by atoms with Crippen molar-refractivity contribution < 1.29 is 14.3 Å². The van der Waals surface area contributed by atoms with Crippen LogP contribution in [0.2, 0.25) is 5.02 Å². The summed E-state index contributed by atoms with van der Waals surface area (Å²) in [6, 6.07) is 7.54. The molecule has 0 unspecified atom stereocenters. The summed E-state index contributed by atoms with van der Waals surface area (Å²) in [4.78, 5) is 23.6. The van der Waals surface area contributed by atoms with Gasteiger partial charge in [0.2, 0.25) is 0 Å². The van der Waals surface area contributed by atoms with Crippen LogP contribution in [0.25, 0.3) is 0 Å². The molecule has 0 saturated carbocycles. The maximum absolute atomic E-state index is 11.9. The van der Waals surface area contributed by atoms with Gasteiger partial charge in [-0.1, -0.05) is 11.6 Å². The van der Waals surface area contributed by atoms with E-state index in [0.717, 1.165) is 0 Å². The molecule has 0 spiro atoms. The van der Waals surface area contributed by atoms with E-state index in [1.165, 1.54) is 13.0 Å². The van der Waals surface area contributed by atoms with Crippen LogP contribution in [0.3, 0.4) is 0 Å². The van der Waals surface area contributed by atoms with Crippen LogP contribution in [0.1, 0.15) is 28.6 Å². The summed E-state index contributed by atoms with van der Waals surface area (Å²) >= 11 is 5.74. The van der Waals surface area contributed by atoms with Crippen molar-refractivity contribution in [1.29, 1.82) is 0 Å². The van der Waals surface area contributed by atoms with Crippen LogP contribution in [-0.4, -0.2) is 16.7 Å². The van der Waals surface area contributed by atoms with Gasteiger partial charge in [0.05, 0.1) is 5.71 Å². The zero-order valence-electron chi connectivity index (χ0n) is 11.9. The Bertz CT molecular complexity index is 794. The Morgan fingerprint density at radius 1 is 1.32 bits per heavy atom. The minimum Gasteiger partial charge on any atom is -0.507 e. The van der Waals surface area contributed by atoms with E-state index in [2.05, 4.69) is 10.5 Å². The molecule has 6 nitrogen and oxygen atoms in total. The number of hydrogen-bond donors (Lipinski definition) is 2. The molecule has 1 amide bonds. The first-order chi connectivity index (χ1) is 10.4. The maximum Gasteiger partial charge on any atom is 0.348 e. The van der Waals surface area contributed by atoms with Gasteiger partial charge in [-0.15, -0.1) is 0 Å². The largest absolute Gasteiger partial charge is 0.507 e. The van der Waals surface area contributed by atoms with E-state index in [1.54, 1.807) is 31.2 Å². The SMILES string of the molecule is CC(=NNC(=O)c1ccc(Cl)cc1)c1c(O)cc(C)oc1=O. The van der Waals surface area contributed by atoms with Gasteiger partial charge in [-0.05, 0) is 38.1 Å². The highest BCUT2D eigenvalue weighted by Gasteiger charge is 2.13. The number of aromatic hydroxyl groups is 1.